The maximum Gasteiger partial charge on any atom is 0.239 e. The van der Waals surface area contributed by atoms with Gasteiger partial charge >= 0.3 is 0 Å². The van der Waals surface area contributed by atoms with Crippen LogP contribution in [0, 0.1) is 0 Å². The van der Waals surface area contributed by atoms with Crippen LogP contribution in [0.3, 0.4) is 0 Å². The number of hydrogen-bond donors (Lipinski definition) is 3. The van der Waals surface area contributed by atoms with Gasteiger partial charge in [0.05, 0.1) is 6.54 Å². The molecule has 0 atom stereocenters. The van der Waals surface area contributed by atoms with Gasteiger partial charge in [-0.05, 0) is 49.9 Å². The van der Waals surface area contributed by atoms with Crippen LogP contribution in [-0.4, -0.2) is 49.5 Å². The van der Waals surface area contributed by atoms with Crippen LogP contribution >= 0.6 is 0 Å². The molecule has 6 heteroatoms. The van der Waals surface area contributed by atoms with E-state index in [1.807, 2.05) is 0 Å². The van der Waals surface area contributed by atoms with E-state index in [1.165, 1.54) is 62.7 Å². The summed E-state index contributed by atoms with van der Waals surface area (Å²) >= 11 is 0. The van der Waals surface area contributed by atoms with E-state index in [0.29, 0.717) is 18.5 Å². The van der Waals surface area contributed by atoms with E-state index in [0.717, 1.165) is 19.4 Å². The van der Waals surface area contributed by atoms with Crippen LogP contribution < -0.4 is 16.0 Å². The Morgan fingerprint density at radius 3 is 2.31 bits per heavy atom. The zero-order valence-corrected chi connectivity index (χ0v) is 17.9. The van der Waals surface area contributed by atoms with E-state index in [9.17, 15) is 4.79 Å². The molecule has 1 aliphatic carbocycles. The minimum absolute atomic E-state index is 0.0434. The average Bonchev–Trinajstić information content (AvgIpc) is 2.76. The summed E-state index contributed by atoms with van der Waals surface area (Å²) in [5.41, 5.74) is 2.58. The first kappa shape index (κ1) is 21.6. The predicted octanol–water partition coefficient (Wildman–Crippen LogP) is 2.79. The van der Waals surface area contributed by atoms with E-state index >= 15 is 0 Å². The van der Waals surface area contributed by atoms with Crippen molar-refractivity contribution in [2.45, 2.75) is 70.5 Å². The van der Waals surface area contributed by atoms with E-state index in [2.05, 4.69) is 50.1 Å². The molecule has 1 amide bonds. The number of amides is 1. The minimum Gasteiger partial charge on any atom is -0.352 e. The summed E-state index contributed by atoms with van der Waals surface area (Å²) in [6.45, 7) is 4.44. The van der Waals surface area contributed by atoms with Crippen LogP contribution in [0.2, 0.25) is 0 Å². The molecule has 1 saturated carbocycles. The van der Waals surface area contributed by atoms with Crippen LogP contribution in [0.1, 0.15) is 62.5 Å². The van der Waals surface area contributed by atoms with Crippen molar-refractivity contribution in [2.24, 2.45) is 4.99 Å². The van der Waals surface area contributed by atoms with E-state index in [-0.39, 0.29) is 12.5 Å². The molecule has 29 heavy (non-hydrogen) atoms. The zero-order valence-electron chi connectivity index (χ0n) is 17.9. The fraction of sp³-hybridized carbons (Fsp3) is 0.652. The molecule has 1 saturated heterocycles. The lowest BCUT2D eigenvalue weighted by atomic mass is 9.95. The Kier molecular flexibility index (Phi) is 8.81. The van der Waals surface area contributed by atoms with E-state index in [1.54, 1.807) is 7.05 Å². The van der Waals surface area contributed by atoms with Crippen molar-refractivity contribution in [1.82, 2.24) is 20.9 Å². The Labute approximate surface area is 175 Å². The molecule has 160 valence electrons. The van der Waals surface area contributed by atoms with E-state index < -0.39 is 0 Å². The van der Waals surface area contributed by atoms with Gasteiger partial charge in [-0.1, -0.05) is 49.9 Å². The van der Waals surface area contributed by atoms with Crippen LogP contribution in [0.15, 0.2) is 29.3 Å². The molecular formula is C23H37N5O. The van der Waals surface area contributed by atoms with Crippen molar-refractivity contribution >= 4 is 11.9 Å². The first-order chi connectivity index (χ1) is 14.2. The van der Waals surface area contributed by atoms with Crippen molar-refractivity contribution in [3.63, 3.8) is 0 Å². The second kappa shape index (κ2) is 11.8. The molecule has 6 nitrogen and oxygen atoms in total. The van der Waals surface area contributed by atoms with Crippen LogP contribution in [-0.2, 0) is 17.9 Å². The summed E-state index contributed by atoms with van der Waals surface area (Å²) in [4.78, 5) is 18.9. The molecule has 2 fully saturated rings. The molecule has 3 rings (SSSR count). The summed E-state index contributed by atoms with van der Waals surface area (Å²) in [7, 11) is 1.73. The van der Waals surface area contributed by atoms with Gasteiger partial charge in [0.15, 0.2) is 5.96 Å². The van der Waals surface area contributed by atoms with Gasteiger partial charge in [0.25, 0.3) is 0 Å². The van der Waals surface area contributed by atoms with Gasteiger partial charge in [0.2, 0.25) is 5.91 Å². The number of carbonyl (C=O) groups excluding carboxylic acids is 1. The van der Waals surface area contributed by atoms with Gasteiger partial charge in [-0.15, -0.1) is 0 Å². The third-order valence-corrected chi connectivity index (χ3v) is 5.95. The van der Waals surface area contributed by atoms with Crippen LogP contribution in [0.4, 0.5) is 0 Å². The fourth-order valence-electron chi connectivity index (χ4n) is 4.23. The molecule has 3 N–H and O–H groups in total. The number of nitrogens with one attached hydrogen (secondary N) is 3. The molecule has 2 aliphatic rings. The molecule has 0 aromatic heterocycles. The van der Waals surface area contributed by atoms with Crippen molar-refractivity contribution < 1.29 is 4.79 Å². The van der Waals surface area contributed by atoms with Gasteiger partial charge in [0.1, 0.15) is 0 Å². The first-order valence-electron chi connectivity index (χ1n) is 11.3. The lowest BCUT2D eigenvalue weighted by molar-refractivity contribution is -0.120. The number of likely N-dealkylation sites (tertiary alicyclic amines) is 1. The molecule has 1 aromatic carbocycles. The largest absolute Gasteiger partial charge is 0.352 e. The third kappa shape index (κ3) is 7.69. The van der Waals surface area contributed by atoms with Gasteiger partial charge in [-0.3, -0.25) is 14.7 Å². The molecule has 1 heterocycles. The molecule has 1 aromatic rings. The number of nitrogens with zero attached hydrogens (tertiary/aromatic N) is 2. The maximum absolute atomic E-state index is 12.1. The monoisotopic (exact) mass is 399 g/mol. The Morgan fingerprint density at radius 1 is 0.966 bits per heavy atom. The minimum atomic E-state index is 0.0434. The Hall–Kier alpha value is -2.08. The number of hydrogen-bond acceptors (Lipinski definition) is 3. The van der Waals surface area contributed by atoms with Crippen molar-refractivity contribution in [1.29, 1.82) is 0 Å². The lowest BCUT2D eigenvalue weighted by Gasteiger charge is -2.26. The van der Waals surface area contributed by atoms with E-state index in [4.69, 9.17) is 0 Å². The number of guanidine groups is 1. The second-order valence-electron chi connectivity index (χ2n) is 8.34. The van der Waals surface area contributed by atoms with Crippen molar-refractivity contribution in [3.8, 4) is 0 Å². The quantitative estimate of drug-likeness (QED) is 0.487. The summed E-state index contributed by atoms with van der Waals surface area (Å²) < 4.78 is 0. The molecule has 0 unspecified atom stereocenters. The average molecular weight is 400 g/mol. The highest BCUT2D eigenvalue weighted by Crippen LogP contribution is 2.17. The Morgan fingerprint density at radius 2 is 1.62 bits per heavy atom. The Bertz CT molecular complexity index is 646. The summed E-state index contributed by atoms with van der Waals surface area (Å²) in [6.07, 6.45) is 9.97. The zero-order chi connectivity index (χ0) is 20.3. The highest BCUT2D eigenvalue weighted by molar-refractivity contribution is 5.86. The number of rotatable bonds is 7. The van der Waals surface area contributed by atoms with Crippen molar-refractivity contribution in [2.75, 3.05) is 26.7 Å². The molecule has 0 bridgehead atoms. The lowest BCUT2D eigenvalue weighted by Crippen LogP contribution is -2.45. The first-order valence-corrected chi connectivity index (χ1v) is 11.3. The van der Waals surface area contributed by atoms with Gasteiger partial charge in [-0.2, -0.15) is 0 Å². The van der Waals surface area contributed by atoms with Crippen LogP contribution in [0.5, 0.6) is 0 Å². The molecular weight excluding hydrogens is 362 g/mol. The number of aliphatic imine (C=N–C) groups is 1. The molecule has 1 aliphatic heterocycles. The third-order valence-electron chi connectivity index (χ3n) is 5.95. The highest BCUT2D eigenvalue weighted by Gasteiger charge is 2.15. The van der Waals surface area contributed by atoms with Crippen molar-refractivity contribution in [3.05, 3.63) is 35.4 Å². The number of piperidine rings is 1. The number of carbonyl (C=O) groups is 1. The Balaban J connectivity index is 1.36. The topological polar surface area (TPSA) is 68.8 Å². The molecule has 0 radical (unpaired) electrons. The van der Waals surface area contributed by atoms with Crippen LogP contribution in [0.25, 0.3) is 0 Å². The number of benzene rings is 1. The summed E-state index contributed by atoms with van der Waals surface area (Å²) in [5.74, 6) is 0.697. The predicted molar refractivity (Wildman–Crippen MR) is 119 cm³/mol. The molecule has 0 spiro atoms. The second-order valence-corrected chi connectivity index (χ2v) is 8.34. The standard InChI is InChI=1S/C23H37N5O/c1-24-23(26-17-22(29)27-21-8-4-2-5-9-21)25-16-19-10-12-20(13-11-19)18-28-14-6-3-7-15-28/h10-13,21H,2-9,14-18H2,1H3,(H,27,29)(H2,24,25,26). The maximum atomic E-state index is 12.1. The fourth-order valence-corrected chi connectivity index (χ4v) is 4.23. The van der Waals surface area contributed by atoms with Gasteiger partial charge in [-0.25, -0.2) is 0 Å². The SMILES string of the molecule is CN=C(NCC(=O)NC1CCCCC1)NCc1ccc(CN2CCCCC2)cc1. The smallest absolute Gasteiger partial charge is 0.239 e. The van der Waals surface area contributed by atoms with Gasteiger partial charge < -0.3 is 16.0 Å². The normalized spacial score (nSPS) is 19.0. The summed E-state index contributed by atoms with van der Waals surface area (Å²) in [6, 6.07) is 9.14. The summed E-state index contributed by atoms with van der Waals surface area (Å²) in [5, 5.41) is 9.53. The van der Waals surface area contributed by atoms with Gasteiger partial charge in [0, 0.05) is 26.2 Å². The highest BCUT2D eigenvalue weighted by atomic mass is 16.2.